The van der Waals surface area contributed by atoms with Crippen molar-refractivity contribution in [2.24, 2.45) is 0 Å². The van der Waals surface area contributed by atoms with E-state index in [-0.39, 0.29) is 36.0 Å². The quantitative estimate of drug-likeness (QED) is 0.0652. The molecule has 10 N–H and O–H groups in total. The molecular weight excluding hydrogens is 764 g/mol. The molecule has 3 fully saturated rings. The molecule has 0 unspecified atom stereocenters. The Bertz CT molecular complexity index is 1640. The van der Waals surface area contributed by atoms with Crippen LogP contribution >= 0.6 is 0 Å². The highest BCUT2D eigenvalue weighted by Gasteiger charge is 2.53. The van der Waals surface area contributed by atoms with Gasteiger partial charge in [-0.2, -0.15) is 0 Å². The van der Waals surface area contributed by atoms with Crippen molar-refractivity contribution in [1.29, 1.82) is 0 Å². The Morgan fingerprint density at radius 2 is 1.37 bits per heavy atom. The van der Waals surface area contributed by atoms with Crippen LogP contribution in [-0.4, -0.2) is 183 Å². The van der Waals surface area contributed by atoms with E-state index in [0.29, 0.717) is 11.1 Å². The fraction of sp³-hybridized carbons (Fsp3) is 0.595. The van der Waals surface area contributed by atoms with Crippen LogP contribution < -0.4 is 9.47 Å². The zero-order valence-corrected chi connectivity index (χ0v) is 31.2. The molecule has 3 saturated heterocycles. The summed E-state index contributed by atoms with van der Waals surface area (Å²) in [5.74, 6) is -0.938. The maximum Gasteiger partial charge on any atom is 0.331 e. The summed E-state index contributed by atoms with van der Waals surface area (Å²) in [6.45, 7) is -0.132. The summed E-state index contributed by atoms with van der Waals surface area (Å²) in [7, 11) is 2.73. The number of hydrogen-bond donors (Lipinski definition) is 10. The number of aromatic hydroxyl groups is 2. The van der Waals surface area contributed by atoms with Crippen LogP contribution in [0.15, 0.2) is 42.5 Å². The molecule has 2 aromatic rings. The largest absolute Gasteiger partial charge is 0.504 e. The van der Waals surface area contributed by atoms with E-state index in [9.17, 15) is 55.9 Å². The molecule has 318 valence electrons. The third-order valence-corrected chi connectivity index (χ3v) is 9.77. The molecule has 57 heavy (non-hydrogen) atoms. The highest BCUT2D eigenvalue weighted by molar-refractivity contribution is 5.87. The summed E-state index contributed by atoms with van der Waals surface area (Å²) >= 11 is 0. The van der Waals surface area contributed by atoms with Gasteiger partial charge < -0.3 is 93.7 Å². The third-order valence-electron chi connectivity index (χ3n) is 9.77. The van der Waals surface area contributed by atoms with E-state index in [0.717, 1.165) is 6.08 Å². The number of carbonyl (C=O) groups excluding carboxylic acids is 1. The zero-order valence-electron chi connectivity index (χ0n) is 31.2. The van der Waals surface area contributed by atoms with Gasteiger partial charge in [-0.25, -0.2) is 4.79 Å². The second kappa shape index (κ2) is 19.8. The number of methoxy groups -OCH3 is 2. The molecule has 2 aromatic carbocycles. The Hall–Kier alpha value is -3.71. The SMILES string of the molecule is COc1ccc(CCO[C@@H]2O[C@@H](CO[C@@H]3O[C@H](CO)[C@H](O)[C@H](O)[C@H]3O)[C@@H](OC(=O)/C=C/c3ccc(O)c(OC)c3)[C@@H](O[C@@H]3O[C@@H](C)[C@H](O)[C@H](O)[C@H]3O)[C@@H]2O)cc1O. The number of rotatable bonds is 15. The first kappa shape index (κ1) is 44.4. The van der Waals surface area contributed by atoms with Gasteiger partial charge in [0.15, 0.2) is 48.0 Å². The van der Waals surface area contributed by atoms with E-state index in [1.807, 2.05) is 0 Å². The number of aliphatic hydroxyl groups excluding tert-OH is 8. The van der Waals surface area contributed by atoms with Gasteiger partial charge in [0.2, 0.25) is 0 Å². The number of esters is 1. The van der Waals surface area contributed by atoms with E-state index in [4.69, 9.17) is 42.6 Å². The lowest BCUT2D eigenvalue weighted by molar-refractivity contribution is -0.364. The number of phenolic OH excluding ortho intramolecular Hbond substituents is 2. The van der Waals surface area contributed by atoms with Gasteiger partial charge in [-0.3, -0.25) is 0 Å². The third kappa shape index (κ3) is 10.5. The van der Waals surface area contributed by atoms with Crippen molar-refractivity contribution in [2.45, 2.75) is 105 Å². The first-order valence-electron chi connectivity index (χ1n) is 18.0. The van der Waals surface area contributed by atoms with Gasteiger partial charge in [0.25, 0.3) is 0 Å². The Morgan fingerprint density at radius 1 is 0.702 bits per heavy atom. The molecule has 3 aliphatic rings. The highest BCUT2D eigenvalue weighted by atomic mass is 16.8. The van der Waals surface area contributed by atoms with Crippen LogP contribution in [0.1, 0.15) is 18.1 Å². The van der Waals surface area contributed by atoms with Crippen molar-refractivity contribution in [3.8, 4) is 23.0 Å². The normalized spacial score (nSPS) is 35.9. The van der Waals surface area contributed by atoms with E-state index >= 15 is 0 Å². The Kier molecular flexibility index (Phi) is 15.4. The molecule has 0 radical (unpaired) electrons. The number of phenols is 2. The zero-order chi connectivity index (χ0) is 41.6. The molecule has 15 atom stereocenters. The Labute approximate surface area is 326 Å². The topological polar surface area (TPSA) is 302 Å². The molecule has 20 heteroatoms. The fourth-order valence-electron chi connectivity index (χ4n) is 6.46. The van der Waals surface area contributed by atoms with Gasteiger partial charge in [0.05, 0.1) is 40.1 Å². The van der Waals surface area contributed by atoms with Gasteiger partial charge in [-0.05, 0) is 54.8 Å². The molecule has 20 nitrogen and oxygen atoms in total. The lowest BCUT2D eigenvalue weighted by atomic mass is 9.96. The number of hydrogen-bond acceptors (Lipinski definition) is 20. The van der Waals surface area contributed by atoms with Crippen LogP contribution in [0, 0.1) is 0 Å². The maximum absolute atomic E-state index is 13.4. The molecule has 3 heterocycles. The van der Waals surface area contributed by atoms with Crippen molar-refractivity contribution in [2.75, 3.05) is 34.0 Å². The van der Waals surface area contributed by atoms with Gasteiger partial charge in [0.1, 0.15) is 61.0 Å². The maximum atomic E-state index is 13.4. The minimum atomic E-state index is -1.86. The van der Waals surface area contributed by atoms with Crippen molar-refractivity contribution in [3.05, 3.63) is 53.6 Å². The summed E-state index contributed by atoms with van der Waals surface area (Å²) in [4.78, 5) is 13.4. The van der Waals surface area contributed by atoms with Gasteiger partial charge in [0, 0.05) is 6.08 Å². The summed E-state index contributed by atoms with van der Waals surface area (Å²) in [6.07, 6.45) is -22.0. The number of carbonyl (C=O) groups is 1. The van der Waals surface area contributed by atoms with Gasteiger partial charge >= 0.3 is 5.97 Å². The second-order valence-corrected chi connectivity index (χ2v) is 13.6. The molecule has 5 rings (SSSR count). The molecular formula is C37H50O20. The van der Waals surface area contributed by atoms with Crippen LogP contribution in [0.3, 0.4) is 0 Å². The molecule has 0 saturated carbocycles. The molecule has 0 amide bonds. The van der Waals surface area contributed by atoms with Crippen molar-refractivity contribution in [3.63, 3.8) is 0 Å². The van der Waals surface area contributed by atoms with E-state index < -0.39 is 111 Å². The molecule has 0 bridgehead atoms. The van der Waals surface area contributed by atoms with Crippen molar-refractivity contribution in [1.82, 2.24) is 0 Å². The Morgan fingerprint density at radius 3 is 2.05 bits per heavy atom. The number of ether oxygens (including phenoxy) is 9. The lowest BCUT2D eigenvalue weighted by Crippen LogP contribution is -2.65. The van der Waals surface area contributed by atoms with Gasteiger partial charge in [-0.1, -0.05) is 12.1 Å². The van der Waals surface area contributed by atoms with Gasteiger partial charge in [-0.15, -0.1) is 0 Å². The molecule has 0 spiro atoms. The van der Waals surface area contributed by atoms with E-state index in [2.05, 4.69) is 0 Å². The van der Waals surface area contributed by atoms with Crippen LogP contribution in [0.5, 0.6) is 23.0 Å². The van der Waals surface area contributed by atoms with Crippen LogP contribution in [-0.2, 0) is 44.4 Å². The molecule has 0 aliphatic carbocycles. The minimum Gasteiger partial charge on any atom is -0.504 e. The number of aliphatic hydroxyl groups is 8. The van der Waals surface area contributed by atoms with Crippen LogP contribution in [0.2, 0.25) is 0 Å². The Balaban J connectivity index is 1.44. The predicted molar refractivity (Wildman–Crippen MR) is 190 cm³/mol. The predicted octanol–water partition coefficient (Wildman–Crippen LogP) is -2.59. The first-order chi connectivity index (χ1) is 27.2. The standard InChI is InChI=1S/C37H50O20/c1-16-26(42)28(44)31(47)37(53-16)57-34-32(48)36(51-11-10-18-5-8-21(49-2)20(40)12-18)55-24(15-52-35-30(46)29(45)27(43)23(14-38)54-35)33(34)56-25(41)9-6-17-4-7-19(39)22(13-17)50-3/h4-9,12-13,16,23-24,26-40,42-48H,10-11,14-15H2,1-3H3/b9-6+/t16-,23+,24-,26-,27-,28-,29-,30+,31+,32-,33+,34-,35+,36+,37-/m0/s1. The van der Waals surface area contributed by atoms with E-state index in [1.165, 1.54) is 51.5 Å². The summed E-state index contributed by atoms with van der Waals surface area (Å²) in [5.41, 5.74) is 1.02. The summed E-state index contributed by atoms with van der Waals surface area (Å²) < 4.78 is 50.8. The average Bonchev–Trinajstić information content (AvgIpc) is 3.20. The minimum absolute atomic E-state index is 0.121. The van der Waals surface area contributed by atoms with Crippen LogP contribution in [0.4, 0.5) is 0 Å². The van der Waals surface area contributed by atoms with Crippen molar-refractivity contribution >= 4 is 12.0 Å². The smallest absolute Gasteiger partial charge is 0.331 e. The summed E-state index contributed by atoms with van der Waals surface area (Å²) in [5, 5.41) is 104. The molecule has 3 aliphatic heterocycles. The summed E-state index contributed by atoms with van der Waals surface area (Å²) in [6, 6.07) is 8.92. The number of benzene rings is 2. The lowest BCUT2D eigenvalue weighted by Gasteiger charge is -2.47. The average molecular weight is 815 g/mol. The van der Waals surface area contributed by atoms with Crippen LogP contribution in [0.25, 0.3) is 6.08 Å². The van der Waals surface area contributed by atoms with Crippen molar-refractivity contribution < 1.29 is 98.5 Å². The molecule has 0 aromatic heterocycles. The monoisotopic (exact) mass is 814 g/mol. The fourth-order valence-corrected chi connectivity index (χ4v) is 6.46. The van der Waals surface area contributed by atoms with E-state index in [1.54, 1.807) is 12.1 Å². The first-order valence-corrected chi connectivity index (χ1v) is 18.0. The second-order valence-electron chi connectivity index (χ2n) is 13.6. The highest BCUT2D eigenvalue weighted by Crippen LogP contribution is 2.33.